The van der Waals surface area contributed by atoms with Crippen molar-refractivity contribution < 1.29 is 9.53 Å². The molecule has 27 heavy (non-hydrogen) atoms. The second kappa shape index (κ2) is 6.88. The number of rotatable bonds is 4. The summed E-state index contributed by atoms with van der Waals surface area (Å²) in [6.07, 6.45) is 0. The van der Waals surface area contributed by atoms with Crippen molar-refractivity contribution >= 4 is 16.7 Å². The van der Waals surface area contributed by atoms with E-state index in [1.54, 1.807) is 12.1 Å². The van der Waals surface area contributed by atoms with E-state index in [1.165, 1.54) is 0 Å². The number of fused-ring (bicyclic) bond motifs is 1. The lowest BCUT2D eigenvalue weighted by Gasteiger charge is -2.10. The summed E-state index contributed by atoms with van der Waals surface area (Å²) in [7, 11) is 0. The number of amides is 1. The number of ether oxygens (including phenoxy) is 1. The van der Waals surface area contributed by atoms with Crippen LogP contribution < -0.4 is 10.5 Å². The van der Waals surface area contributed by atoms with Gasteiger partial charge in [-0.2, -0.15) is 0 Å². The molecule has 0 saturated carbocycles. The van der Waals surface area contributed by atoms with Gasteiger partial charge in [0, 0.05) is 21.9 Å². The monoisotopic (exact) mass is 355 g/mol. The molecule has 1 aromatic heterocycles. The minimum atomic E-state index is -0.459. The van der Waals surface area contributed by atoms with Crippen molar-refractivity contribution in [2.75, 3.05) is 0 Å². The SMILES string of the molecule is Cc1ccc(Oc2nnc(-c3ccc(C(N)=O)cc3)c3ccccc23)cc1. The van der Waals surface area contributed by atoms with Crippen molar-refractivity contribution in [3.8, 4) is 22.9 Å². The van der Waals surface area contributed by atoms with Gasteiger partial charge in [0.05, 0.1) is 0 Å². The molecule has 0 atom stereocenters. The summed E-state index contributed by atoms with van der Waals surface area (Å²) >= 11 is 0. The van der Waals surface area contributed by atoms with Gasteiger partial charge in [0.25, 0.3) is 0 Å². The predicted octanol–water partition coefficient (Wildman–Crippen LogP) is 4.50. The highest BCUT2D eigenvalue weighted by molar-refractivity contribution is 5.98. The van der Waals surface area contributed by atoms with Crippen LogP contribution in [0.1, 0.15) is 15.9 Å². The molecule has 1 heterocycles. The molecule has 0 radical (unpaired) electrons. The lowest BCUT2D eigenvalue weighted by atomic mass is 10.0. The van der Waals surface area contributed by atoms with Crippen LogP contribution in [-0.2, 0) is 0 Å². The van der Waals surface area contributed by atoms with Crippen molar-refractivity contribution in [2.24, 2.45) is 5.73 Å². The van der Waals surface area contributed by atoms with E-state index in [1.807, 2.05) is 67.6 Å². The van der Waals surface area contributed by atoms with E-state index in [4.69, 9.17) is 10.5 Å². The molecule has 1 amide bonds. The maximum absolute atomic E-state index is 11.3. The summed E-state index contributed by atoms with van der Waals surface area (Å²) in [4.78, 5) is 11.3. The Balaban J connectivity index is 1.78. The molecule has 5 nitrogen and oxygen atoms in total. The van der Waals surface area contributed by atoms with Crippen LogP contribution in [0.3, 0.4) is 0 Å². The molecule has 0 saturated heterocycles. The molecule has 0 unspecified atom stereocenters. The van der Waals surface area contributed by atoms with Crippen molar-refractivity contribution in [3.05, 3.63) is 83.9 Å². The fraction of sp³-hybridized carbons (Fsp3) is 0.0455. The quantitative estimate of drug-likeness (QED) is 0.585. The molecule has 0 spiro atoms. The van der Waals surface area contributed by atoms with Gasteiger partial charge in [-0.05, 0) is 37.3 Å². The highest BCUT2D eigenvalue weighted by Crippen LogP contribution is 2.33. The Hall–Kier alpha value is -3.73. The van der Waals surface area contributed by atoms with Gasteiger partial charge in [-0.15, -0.1) is 10.2 Å². The van der Waals surface area contributed by atoms with Gasteiger partial charge in [0.1, 0.15) is 11.4 Å². The van der Waals surface area contributed by atoms with Crippen LogP contribution in [0.4, 0.5) is 0 Å². The molecule has 4 aromatic rings. The molecule has 4 rings (SSSR count). The Morgan fingerprint density at radius 2 is 1.52 bits per heavy atom. The second-order valence-corrected chi connectivity index (χ2v) is 6.26. The highest BCUT2D eigenvalue weighted by Gasteiger charge is 2.13. The molecule has 2 N–H and O–H groups in total. The Morgan fingerprint density at radius 3 is 2.19 bits per heavy atom. The third-order valence-corrected chi connectivity index (χ3v) is 4.33. The van der Waals surface area contributed by atoms with E-state index in [9.17, 15) is 4.79 Å². The van der Waals surface area contributed by atoms with Crippen LogP contribution in [0.25, 0.3) is 22.0 Å². The molecule has 132 valence electrons. The van der Waals surface area contributed by atoms with Crippen molar-refractivity contribution in [2.45, 2.75) is 6.92 Å². The molecule has 0 aliphatic rings. The Bertz CT molecular complexity index is 1120. The first-order chi connectivity index (χ1) is 13.1. The fourth-order valence-corrected chi connectivity index (χ4v) is 2.88. The smallest absolute Gasteiger partial charge is 0.248 e. The van der Waals surface area contributed by atoms with Gasteiger partial charge >= 0.3 is 0 Å². The first-order valence-corrected chi connectivity index (χ1v) is 8.52. The van der Waals surface area contributed by atoms with E-state index >= 15 is 0 Å². The zero-order valence-electron chi connectivity index (χ0n) is 14.7. The summed E-state index contributed by atoms with van der Waals surface area (Å²) in [6, 6.07) is 22.6. The van der Waals surface area contributed by atoms with E-state index in [2.05, 4.69) is 10.2 Å². The third kappa shape index (κ3) is 3.35. The average Bonchev–Trinajstić information content (AvgIpc) is 2.70. The minimum Gasteiger partial charge on any atom is -0.437 e. The first-order valence-electron chi connectivity index (χ1n) is 8.52. The van der Waals surface area contributed by atoms with Gasteiger partial charge in [-0.25, -0.2) is 0 Å². The molecule has 0 fully saturated rings. The lowest BCUT2D eigenvalue weighted by molar-refractivity contribution is 0.100. The highest BCUT2D eigenvalue weighted by atomic mass is 16.5. The Morgan fingerprint density at radius 1 is 0.852 bits per heavy atom. The first kappa shape index (κ1) is 16.7. The van der Waals surface area contributed by atoms with Gasteiger partial charge in [0.15, 0.2) is 0 Å². The maximum Gasteiger partial charge on any atom is 0.248 e. The molecule has 0 aliphatic heterocycles. The zero-order valence-corrected chi connectivity index (χ0v) is 14.7. The van der Waals surface area contributed by atoms with Crippen LogP contribution in [0.2, 0.25) is 0 Å². The topological polar surface area (TPSA) is 78.1 Å². The molecule has 3 aromatic carbocycles. The standard InChI is InChI=1S/C22H17N3O2/c1-14-6-12-17(13-7-14)27-22-19-5-3-2-4-18(19)20(24-25-22)15-8-10-16(11-9-15)21(23)26/h2-13H,1H3,(H2,23,26). The summed E-state index contributed by atoms with van der Waals surface area (Å²) < 4.78 is 5.95. The zero-order chi connectivity index (χ0) is 18.8. The summed E-state index contributed by atoms with van der Waals surface area (Å²) in [5.41, 5.74) is 8.50. The van der Waals surface area contributed by atoms with Crippen molar-refractivity contribution in [1.29, 1.82) is 0 Å². The molecule has 5 heteroatoms. The van der Waals surface area contributed by atoms with Crippen molar-refractivity contribution in [3.63, 3.8) is 0 Å². The van der Waals surface area contributed by atoms with Gasteiger partial charge in [-0.1, -0.05) is 48.0 Å². The van der Waals surface area contributed by atoms with Crippen LogP contribution in [0.5, 0.6) is 11.6 Å². The van der Waals surface area contributed by atoms with Crippen LogP contribution in [0, 0.1) is 6.92 Å². The predicted molar refractivity (Wildman–Crippen MR) is 105 cm³/mol. The number of benzene rings is 3. The Labute approximate surface area is 156 Å². The van der Waals surface area contributed by atoms with E-state index < -0.39 is 5.91 Å². The van der Waals surface area contributed by atoms with E-state index in [-0.39, 0.29) is 0 Å². The number of aromatic nitrogens is 2. The number of primary amides is 1. The van der Waals surface area contributed by atoms with Crippen LogP contribution in [-0.4, -0.2) is 16.1 Å². The lowest BCUT2D eigenvalue weighted by Crippen LogP contribution is -2.10. The summed E-state index contributed by atoms with van der Waals surface area (Å²) in [5, 5.41) is 10.4. The van der Waals surface area contributed by atoms with Gasteiger partial charge < -0.3 is 10.5 Å². The van der Waals surface area contributed by atoms with Crippen LogP contribution in [0.15, 0.2) is 72.8 Å². The fourth-order valence-electron chi connectivity index (χ4n) is 2.88. The third-order valence-electron chi connectivity index (χ3n) is 4.33. The number of nitrogens with zero attached hydrogens (tertiary/aromatic N) is 2. The molecular formula is C22H17N3O2. The number of aryl methyl sites for hydroxylation is 1. The molecule has 0 aliphatic carbocycles. The normalized spacial score (nSPS) is 10.7. The number of carbonyl (C=O) groups is 1. The van der Waals surface area contributed by atoms with E-state index in [0.717, 1.165) is 27.6 Å². The number of hydrogen-bond acceptors (Lipinski definition) is 4. The average molecular weight is 355 g/mol. The summed E-state index contributed by atoms with van der Waals surface area (Å²) in [5.74, 6) is 0.699. The number of carbonyl (C=O) groups excluding carboxylic acids is 1. The second-order valence-electron chi connectivity index (χ2n) is 6.26. The molecule has 0 bridgehead atoms. The largest absolute Gasteiger partial charge is 0.437 e. The minimum absolute atomic E-state index is 0.451. The molecular weight excluding hydrogens is 338 g/mol. The van der Waals surface area contributed by atoms with Crippen LogP contribution >= 0.6 is 0 Å². The van der Waals surface area contributed by atoms with Gasteiger partial charge in [-0.3, -0.25) is 4.79 Å². The Kier molecular flexibility index (Phi) is 4.26. The van der Waals surface area contributed by atoms with Crippen molar-refractivity contribution in [1.82, 2.24) is 10.2 Å². The maximum atomic E-state index is 11.3. The van der Waals surface area contributed by atoms with Gasteiger partial charge in [0.2, 0.25) is 11.8 Å². The summed E-state index contributed by atoms with van der Waals surface area (Å²) in [6.45, 7) is 2.03. The number of hydrogen-bond donors (Lipinski definition) is 1. The van der Waals surface area contributed by atoms with E-state index in [0.29, 0.717) is 17.2 Å². The number of nitrogens with two attached hydrogens (primary N) is 1.